The van der Waals surface area contributed by atoms with Crippen LogP contribution in [0, 0.1) is 5.92 Å². The highest BCUT2D eigenvalue weighted by Crippen LogP contribution is 2.29. The van der Waals surface area contributed by atoms with Gasteiger partial charge in [0.25, 0.3) is 0 Å². The normalized spacial score (nSPS) is 21.0. The minimum Gasteiger partial charge on any atom is -0.355 e. The second kappa shape index (κ2) is 8.26. The third-order valence-corrected chi connectivity index (χ3v) is 6.93. The zero-order valence-electron chi connectivity index (χ0n) is 17.8. The van der Waals surface area contributed by atoms with E-state index in [0.29, 0.717) is 6.04 Å². The predicted octanol–water partition coefficient (Wildman–Crippen LogP) is 3.30. The van der Waals surface area contributed by atoms with Gasteiger partial charge in [0.2, 0.25) is 5.91 Å². The van der Waals surface area contributed by atoms with Gasteiger partial charge in [-0.25, -0.2) is 4.98 Å². The van der Waals surface area contributed by atoms with Crippen LogP contribution in [0.2, 0.25) is 0 Å². The largest absolute Gasteiger partial charge is 0.355 e. The Morgan fingerprint density at radius 1 is 1.07 bits per heavy atom. The molecule has 0 saturated carbocycles. The molecular formula is C24H31N5O. The van der Waals surface area contributed by atoms with Crippen molar-refractivity contribution in [3.63, 3.8) is 0 Å². The summed E-state index contributed by atoms with van der Waals surface area (Å²) in [6.07, 6.45) is 6.32. The fraction of sp³-hybridized carbons (Fsp3) is 0.500. The van der Waals surface area contributed by atoms with E-state index in [4.69, 9.17) is 4.98 Å². The predicted molar refractivity (Wildman–Crippen MR) is 121 cm³/mol. The summed E-state index contributed by atoms with van der Waals surface area (Å²) in [4.78, 5) is 22.6. The number of nitrogens with zero attached hydrogens (tertiary/aromatic N) is 4. The first kappa shape index (κ1) is 19.4. The van der Waals surface area contributed by atoms with Crippen molar-refractivity contribution >= 4 is 28.3 Å². The van der Waals surface area contributed by atoms with Crippen molar-refractivity contribution in [1.29, 1.82) is 0 Å². The second-order valence-corrected chi connectivity index (χ2v) is 8.62. The van der Waals surface area contributed by atoms with Crippen LogP contribution >= 0.6 is 0 Å². The van der Waals surface area contributed by atoms with E-state index in [1.807, 2.05) is 6.07 Å². The molecule has 0 spiro atoms. The molecule has 0 unspecified atom stereocenters. The van der Waals surface area contributed by atoms with E-state index < -0.39 is 0 Å². The number of likely N-dealkylation sites (N-methyl/N-ethyl adjacent to an activating group) is 1. The summed E-state index contributed by atoms with van der Waals surface area (Å²) in [5.74, 6) is 1.38. The Balaban J connectivity index is 1.25. The summed E-state index contributed by atoms with van der Waals surface area (Å²) in [5.41, 5.74) is 3.27. The number of aromatic nitrogens is 2. The van der Waals surface area contributed by atoms with Crippen molar-refractivity contribution in [2.45, 2.75) is 38.6 Å². The second-order valence-electron chi connectivity index (χ2n) is 8.62. The first-order chi connectivity index (χ1) is 14.7. The summed E-state index contributed by atoms with van der Waals surface area (Å²) in [7, 11) is 0. The van der Waals surface area contributed by atoms with Crippen molar-refractivity contribution in [2.24, 2.45) is 5.92 Å². The summed E-state index contributed by atoms with van der Waals surface area (Å²) >= 11 is 0. The molecular weight excluding hydrogens is 374 g/mol. The molecule has 1 N–H and O–H groups in total. The highest BCUT2D eigenvalue weighted by molar-refractivity contribution is 5.85. The average molecular weight is 406 g/mol. The summed E-state index contributed by atoms with van der Waals surface area (Å²) in [6, 6.07) is 13.0. The number of rotatable bonds is 5. The molecule has 1 aromatic carbocycles. The molecule has 2 aliphatic heterocycles. The van der Waals surface area contributed by atoms with Gasteiger partial charge in [-0.05, 0) is 63.0 Å². The molecule has 2 aromatic heterocycles. The molecule has 6 nitrogen and oxygen atoms in total. The lowest BCUT2D eigenvalue weighted by atomic mass is 9.95. The van der Waals surface area contributed by atoms with Gasteiger partial charge in [0.1, 0.15) is 0 Å². The van der Waals surface area contributed by atoms with Gasteiger partial charge in [-0.3, -0.25) is 9.69 Å². The first-order valence-corrected chi connectivity index (χ1v) is 11.4. The van der Waals surface area contributed by atoms with Gasteiger partial charge in [0.05, 0.1) is 16.6 Å². The molecule has 1 atom stereocenters. The van der Waals surface area contributed by atoms with Gasteiger partial charge in [0, 0.05) is 37.8 Å². The number of carbonyl (C=O) groups is 1. The molecule has 4 heterocycles. The number of likely N-dealkylation sites (tertiary alicyclic amines) is 1. The van der Waals surface area contributed by atoms with Crippen LogP contribution in [0.5, 0.6) is 0 Å². The Bertz CT molecular complexity index is 1040. The smallest absolute Gasteiger partial charge is 0.223 e. The maximum atomic E-state index is 12.8. The average Bonchev–Trinajstić information content (AvgIpc) is 3.46. The van der Waals surface area contributed by atoms with Gasteiger partial charge < -0.3 is 14.6 Å². The van der Waals surface area contributed by atoms with E-state index in [1.54, 1.807) is 0 Å². The number of hydrogen-bond acceptors (Lipinski definition) is 4. The third-order valence-electron chi connectivity index (χ3n) is 6.93. The number of hydrogen-bond donors (Lipinski definition) is 1. The molecule has 0 radical (unpaired) electrons. The Morgan fingerprint density at radius 2 is 1.87 bits per heavy atom. The zero-order valence-corrected chi connectivity index (χ0v) is 17.8. The van der Waals surface area contributed by atoms with E-state index in [-0.39, 0.29) is 11.8 Å². The number of nitrogens with one attached hydrogen (secondary N) is 1. The van der Waals surface area contributed by atoms with Gasteiger partial charge in [-0.15, -0.1) is 0 Å². The molecule has 2 fully saturated rings. The standard InChI is InChI=1S/C24H31N5O/c1-2-27-13-5-7-19(27)17-25-24(30)18-11-15-28(16-12-18)23-22-10-6-14-29(22)21-9-4-3-8-20(21)26-23/h3-4,6,8-10,14,18-19H,2,5,7,11-13,15-17H2,1H3,(H,25,30)/t19-/m0/s1. The zero-order chi connectivity index (χ0) is 20.5. The van der Waals surface area contributed by atoms with Crippen molar-refractivity contribution in [3.05, 3.63) is 42.6 Å². The van der Waals surface area contributed by atoms with Gasteiger partial charge in [-0.1, -0.05) is 19.1 Å². The van der Waals surface area contributed by atoms with Gasteiger partial charge in [-0.2, -0.15) is 0 Å². The minimum atomic E-state index is 0.112. The van der Waals surface area contributed by atoms with Gasteiger partial charge >= 0.3 is 0 Å². The maximum Gasteiger partial charge on any atom is 0.223 e. The Hall–Kier alpha value is -2.60. The molecule has 158 valence electrons. The van der Waals surface area contributed by atoms with Gasteiger partial charge in [0.15, 0.2) is 5.82 Å². The molecule has 2 aliphatic rings. The molecule has 30 heavy (non-hydrogen) atoms. The van der Waals surface area contributed by atoms with E-state index in [0.717, 1.165) is 61.4 Å². The molecule has 1 amide bonds. The van der Waals surface area contributed by atoms with Crippen LogP contribution in [0.4, 0.5) is 5.82 Å². The quantitative estimate of drug-likeness (QED) is 0.708. The minimum absolute atomic E-state index is 0.112. The molecule has 0 bridgehead atoms. The molecule has 0 aliphatic carbocycles. The third kappa shape index (κ3) is 3.54. The Labute approximate surface area is 177 Å². The summed E-state index contributed by atoms with van der Waals surface area (Å²) in [5, 5.41) is 3.24. The lowest BCUT2D eigenvalue weighted by molar-refractivity contribution is -0.125. The van der Waals surface area contributed by atoms with E-state index >= 15 is 0 Å². The monoisotopic (exact) mass is 405 g/mol. The summed E-state index contributed by atoms with van der Waals surface area (Å²) in [6.45, 7) is 6.99. The van der Waals surface area contributed by atoms with Crippen LogP contribution in [-0.4, -0.2) is 59.0 Å². The van der Waals surface area contributed by atoms with Crippen LogP contribution in [-0.2, 0) is 4.79 Å². The first-order valence-electron chi connectivity index (χ1n) is 11.4. The highest BCUT2D eigenvalue weighted by atomic mass is 16.1. The number of para-hydroxylation sites is 2. The Morgan fingerprint density at radius 3 is 2.70 bits per heavy atom. The number of benzene rings is 1. The lowest BCUT2D eigenvalue weighted by Crippen LogP contribution is -2.45. The van der Waals surface area contributed by atoms with Crippen LogP contribution in [0.25, 0.3) is 16.6 Å². The van der Waals surface area contributed by atoms with E-state index in [2.05, 4.69) is 63.0 Å². The van der Waals surface area contributed by atoms with Crippen LogP contribution in [0.1, 0.15) is 32.6 Å². The van der Waals surface area contributed by atoms with Crippen LogP contribution in [0.3, 0.4) is 0 Å². The van der Waals surface area contributed by atoms with Crippen molar-refractivity contribution in [2.75, 3.05) is 37.6 Å². The number of piperidine rings is 1. The SMILES string of the molecule is CCN1CCC[C@H]1CNC(=O)C1CCN(c2nc3ccccc3n3cccc23)CC1. The highest BCUT2D eigenvalue weighted by Gasteiger charge is 2.28. The Kier molecular flexibility index (Phi) is 5.34. The molecule has 6 heteroatoms. The molecule has 2 saturated heterocycles. The van der Waals surface area contributed by atoms with Crippen molar-refractivity contribution in [1.82, 2.24) is 19.6 Å². The maximum absolute atomic E-state index is 12.8. The van der Waals surface area contributed by atoms with Crippen molar-refractivity contribution in [3.8, 4) is 0 Å². The summed E-state index contributed by atoms with van der Waals surface area (Å²) < 4.78 is 2.22. The number of amides is 1. The lowest BCUT2D eigenvalue weighted by Gasteiger charge is -2.33. The van der Waals surface area contributed by atoms with Crippen molar-refractivity contribution < 1.29 is 4.79 Å². The van der Waals surface area contributed by atoms with Crippen LogP contribution in [0.15, 0.2) is 42.6 Å². The topological polar surface area (TPSA) is 52.9 Å². The fourth-order valence-corrected chi connectivity index (χ4v) is 5.20. The molecule has 3 aromatic rings. The number of anilines is 1. The number of carbonyl (C=O) groups excluding carboxylic acids is 1. The van der Waals surface area contributed by atoms with E-state index in [1.165, 1.54) is 19.4 Å². The van der Waals surface area contributed by atoms with Crippen LogP contribution < -0.4 is 10.2 Å². The van der Waals surface area contributed by atoms with E-state index in [9.17, 15) is 4.79 Å². The number of fused-ring (bicyclic) bond motifs is 3. The fourth-order valence-electron chi connectivity index (χ4n) is 5.20. The molecule has 5 rings (SSSR count).